The van der Waals surface area contributed by atoms with Gasteiger partial charge in [0, 0.05) is 25.4 Å². The second-order valence-electron chi connectivity index (χ2n) is 5.33. The van der Waals surface area contributed by atoms with Crippen molar-refractivity contribution < 1.29 is 9.53 Å². The van der Waals surface area contributed by atoms with Gasteiger partial charge in [-0.2, -0.15) is 5.10 Å². The van der Waals surface area contributed by atoms with E-state index >= 15 is 0 Å². The van der Waals surface area contributed by atoms with E-state index in [2.05, 4.69) is 10.4 Å². The Morgan fingerprint density at radius 2 is 2.14 bits per heavy atom. The van der Waals surface area contributed by atoms with Gasteiger partial charge in [-0.05, 0) is 26.1 Å². The van der Waals surface area contributed by atoms with E-state index in [0.717, 1.165) is 11.3 Å². The standard InChI is InChI=1S/C16H22N4O2/c1-12-13(10-20(3)18-12)9-19(2)11-16(21)17-14-7-5-6-8-15(14)22-4/h5-8,10H,9,11H2,1-4H3,(H,17,21). The molecule has 1 N–H and O–H groups in total. The summed E-state index contributed by atoms with van der Waals surface area (Å²) >= 11 is 0. The Bertz CT molecular complexity index is 651. The van der Waals surface area contributed by atoms with E-state index in [0.29, 0.717) is 24.5 Å². The summed E-state index contributed by atoms with van der Waals surface area (Å²) in [6, 6.07) is 7.37. The fourth-order valence-corrected chi connectivity index (χ4v) is 2.33. The monoisotopic (exact) mass is 302 g/mol. The van der Waals surface area contributed by atoms with Crippen molar-refractivity contribution in [3.8, 4) is 5.75 Å². The highest BCUT2D eigenvalue weighted by Gasteiger charge is 2.12. The van der Waals surface area contributed by atoms with Crippen LogP contribution in [0.1, 0.15) is 11.3 Å². The molecule has 0 aliphatic heterocycles. The number of rotatable bonds is 6. The first-order valence-corrected chi connectivity index (χ1v) is 7.10. The number of ether oxygens (including phenoxy) is 1. The van der Waals surface area contributed by atoms with E-state index < -0.39 is 0 Å². The van der Waals surface area contributed by atoms with Gasteiger partial charge in [0.1, 0.15) is 5.75 Å². The van der Waals surface area contributed by atoms with Gasteiger partial charge in [0.25, 0.3) is 0 Å². The number of aromatic nitrogens is 2. The first-order valence-electron chi connectivity index (χ1n) is 7.10. The zero-order chi connectivity index (χ0) is 16.1. The molecule has 0 saturated heterocycles. The lowest BCUT2D eigenvalue weighted by molar-refractivity contribution is -0.117. The van der Waals surface area contributed by atoms with Crippen LogP contribution in [-0.4, -0.2) is 41.3 Å². The molecule has 2 rings (SSSR count). The molecule has 6 heteroatoms. The Kier molecular flexibility index (Phi) is 5.16. The van der Waals surface area contributed by atoms with Crippen molar-refractivity contribution >= 4 is 11.6 Å². The van der Waals surface area contributed by atoms with Crippen molar-refractivity contribution in [3.63, 3.8) is 0 Å². The largest absolute Gasteiger partial charge is 0.495 e. The maximum absolute atomic E-state index is 12.1. The Balaban J connectivity index is 1.92. The molecule has 0 atom stereocenters. The van der Waals surface area contributed by atoms with Gasteiger partial charge in [0.15, 0.2) is 0 Å². The zero-order valence-corrected chi connectivity index (χ0v) is 13.5. The minimum Gasteiger partial charge on any atom is -0.495 e. The van der Waals surface area contributed by atoms with E-state index in [1.54, 1.807) is 11.8 Å². The number of hydrogen-bond acceptors (Lipinski definition) is 4. The summed E-state index contributed by atoms with van der Waals surface area (Å²) in [5, 5.41) is 7.18. The molecule has 0 aliphatic carbocycles. The molecular weight excluding hydrogens is 280 g/mol. The average Bonchev–Trinajstić information content (AvgIpc) is 2.77. The van der Waals surface area contributed by atoms with Gasteiger partial charge in [0.05, 0.1) is 25.0 Å². The molecule has 1 aromatic heterocycles. The highest BCUT2D eigenvalue weighted by Crippen LogP contribution is 2.22. The van der Waals surface area contributed by atoms with Crippen molar-refractivity contribution in [1.29, 1.82) is 0 Å². The first kappa shape index (κ1) is 16.0. The molecule has 0 bridgehead atoms. The molecule has 0 spiro atoms. The van der Waals surface area contributed by atoms with E-state index in [1.165, 1.54) is 0 Å². The number of carbonyl (C=O) groups is 1. The van der Waals surface area contributed by atoms with Gasteiger partial charge >= 0.3 is 0 Å². The second-order valence-corrected chi connectivity index (χ2v) is 5.33. The summed E-state index contributed by atoms with van der Waals surface area (Å²) in [6.07, 6.45) is 1.98. The second kappa shape index (κ2) is 7.09. The molecule has 0 fully saturated rings. The fourth-order valence-electron chi connectivity index (χ4n) is 2.33. The Hall–Kier alpha value is -2.34. The molecule has 1 aromatic carbocycles. The highest BCUT2D eigenvalue weighted by atomic mass is 16.5. The number of amides is 1. The molecule has 0 aliphatic rings. The van der Waals surface area contributed by atoms with Crippen LogP contribution < -0.4 is 10.1 Å². The molecule has 0 radical (unpaired) electrons. The van der Waals surface area contributed by atoms with Crippen molar-refractivity contribution in [3.05, 3.63) is 41.7 Å². The normalized spacial score (nSPS) is 10.8. The highest BCUT2D eigenvalue weighted by molar-refractivity contribution is 5.93. The van der Waals surface area contributed by atoms with Gasteiger partial charge in [0.2, 0.25) is 5.91 Å². The number of nitrogens with zero attached hydrogens (tertiary/aromatic N) is 3. The first-order chi connectivity index (χ1) is 10.5. The summed E-state index contributed by atoms with van der Waals surface area (Å²) in [5.74, 6) is 0.579. The van der Waals surface area contributed by atoms with Crippen LogP contribution in [0.3, 0.4) is 0 Å². The van der Waals surface area contributed by atoms with Crippen molar-refractivity contribution in [2.24, 2.45) is 7.05 Å². The van der Waals surface area contributed by atoms with Crippen LogP contribution in [0.5, 0.6) is 5.75 Å². The lowest BCUT2D eigenvalue weighted by Crippen LogP contribution is -2.30. The molecule has 1 heterocycles. The van der Waals surface area contributed by atoms with Crippen LogP contribution in [0.15, 0.2) is 30.5 Å². The minimum atomic E-state index is -0.0754. The number of carbonyl (C=O) groups excluding carboxylic acids is 1. The number of anilines is 1. The zero-order valence-electron chi connectivity index (χ0n) is 13.5. The maximum Gasteiger partial charge on any atom is 0.238 e. The molecule has 1 amide bonds. The average molecular weight is 302 g/mol. The van der Waals surface area contributed by atoms with Crippen LogP contribution in [0.4, 0.5) is 5.69 Å². The Morgan fingerprint density at radius 3 is 2.77 bits per heavy atom. The summed E-state index contributed by atoms with van der Waals surface area (Å²) in [4.78, 5) is 14.1. The Labute approximate surface area is 130 Å². The lowest BCUT2D eigenvalue weighted by atomic mass is 10.2. The van der Waals surface area contributed by atoms with Crippen molar-refractivity contribution in [2.75, 3.05) is 26.0 Å². The number of benzene rings is 1. The quantitative estimate of drug-likeness (QED) is 0.884. The van der Waals surface area contributed by atoms with Gasteiger partial charge in [-0.3, -0.25) is 14.4 Å². The summed E-state index contributed by atoms with van der Waals surface area (Å²) in [7, 11) is 5.39. The summed E-state index contributed by atoms with van der Waals surface area (Å²) in [6.45, 7) is 2.95. The molecule has 0 unspecified atom stereocenters. The van der Waals surface area contributed by atoms with Crippen LogP contribution in [0.2, 0.25) is 0 Å². The van der Waals surface area contributed by atoms with Crippen LogP contribution in [0, 0.1) is 6.92 Å². The molecule has 6 nitrogen and oxygen atoms in total. The number of hydrogen-bond donors (Lipinski definition) is 1. The van der Waals surface area contributed by atoms with Crippen LogP contribution >= 0.6 is 0 Å². The molecule has 2 aromatic rings. The molecule has 22 heavy (non-hydrogen) atoms. The van der Waals surface area contributed by atoms with Gasteiger partial charge in [-0.1, -0.05) is 12.1 Å². The third kappa shape index (κ3) is 4.08. The lowest BCUT2D eigenvalue weighted by Gasteiger charge is -2.16. The van der Waals surface area contributed by atoms with E-state index in [4.69, 9.17) is 4.74 Å². The number of methoxy groups -OCH3 is 1. The van der Waals surface area contributed by atoms with Crippen molar-refractivity contribution in [2.45, 2.75) is 13.5 Å². The number of para-hydroxylation sites is 2. The van der Waals surface area contributed by atoms with E-state index in [9.17, 15) is 4.79 Å². The van der Waals surface area contributed by atoms with Gasteiger partial charge in [-0.15, -0.1) is 0 Å². The van der Waals surface area contributed by atoms with Crippen LogP contribution in [0.25, 0.3) is 0 Å². The van der Waals surface area contributed by atoms with Gasteiger partial charge < -0.3 is 10.1 Å². The summed E-state index contributed by atoms with van der Waals surface area (Å²) < 4.78 is 7.01. The maximum atomic E-state index is 12.1. The Morgan fingerprint density at radius 1 is 1.41 bits per heavy atom. The SMILES string of the molecule is COc1ccccc1NC(=O)CN(C)Cc1cn(C)nc1C. The van der Waals surface area contributed by atoms with E-state index in [1.807, 2.05) is 56.4 Å². The third-order valence-corrected chi connectivity index (χ3v) is 3.35. The number of nitrogens with one attached hydrogen (secondary N) is 1. The molecule has 0 saturated carbocycles. The predicted octanol–water partition coefficient (Wildman–Crippen LogP) is 1.81. The topological polar surface area (TPSA) is 59.4 Å². The number of likely N-dealkylation sites (N-methyl/N-ethyl adjacent to an activating group) is 1. The number of aryl methyl sites for hydroxylation is 2. The third-order valence-electron chi connectivity index (χ3n) is 3.35. The molecular formula is C16H22N4O2. The van der Waals surface area contributed by atoms with E-state index in [-0.39, 0.29) is 5.91 Å². The predicted molar refractivity (Wildman–Crippen MR) is 85.9 cm³/mol. The van der Waals surface area contributed by atoms with Gasteiger partial charge in [-0.25, -0.2) is 0 Å². The minimum absolute atomic E-state index is 0.0754. The molecule has 118 valence electrons. The van der Waals surface area contributed by atoms with Crippen LogP contribution in [-0.2, 0) is 18.4 Å². The van der Waals surface area contributed by atoms with Crippen molar-refractivity contribution in [1.82, 2.24) is 14.7 Å². The summed E-state index contributed by atoms with van der Waals surface area (Å²) in [5.41, 5.74) is 2.79. The smallest absolute Gasteiger partial charge is 0.238 e. The fraction of sp³-hybridized carbons (Fsp3) is 0.375.